The third-order valence-electron chi connectivity index (χ3n) is 4.58. The second kappa shape index (κ2) is 5.50. The molecule has 5 heteroatoms. The fourth-order valence-electron chi connectivity index (χ4n) is 3.40. The molecule has 1 aliphatic rings. The molecule has 1 aromatic heterocycles. The highest BCUT2D eigenvalue weighted by Gasteiger charge is 2.37. The van der Waals surface area contributed by atoms with Gasteiger partial charge in [-0.15, -0.1) is 5.10 Å². The second-order valence-electron chi connectivity index (χ2n) is 5.93. The van der Waals surface area contributed by atoms with Gasteiger partial charge in [0.05, 0.1) is 11.6 Å². The van der Waals surface area contributed by atoms with E-state index in [4.69, 9.17) is 0 Å². The van der Waals surface area contributed by atoms with Gasteiger partial charge in [0.1, 0.15) is 11.7 Å². The van der Waals surface area contributed by atoms with Crippen molar-refractivity contribution in [1.29, 1.82) is 0 Å². The summed E-state index contributed by atoms with van der Waals surface area (Å²) in [6.07, 6.45) is 1.24. The molecule has 5 nitrogen and oxygen atoms in total. The Kier molecular flexibility index (Phi) is 3.33. The summed E-state index contributed by atoms with van der Waals surface area (Å²) in [6.45, 7) is 2.07. The Morgan fingerprint density at radius 1 is 1.09 bits per heavy atom. The number of nitrogens with zero attached hydrogens (tertiary/aromatic N) is 4. The largest absolute Gasteiger partial charge is 0.314 e. The minimum absolute atomic E-state index is 0.0131. The van der Waals surface area contributed by atoms with Crippen LogP contribution in [0.4, 0.5) is 0 Å². The molecule has 1 saturated heterocycles. The lowest BCUT2D eigenvalue weighted by Gasteiger charge is -2.31. The van der Waals surface area contributed by atoms with Crippen molar-refractivity contribution < 1.29 is 4.79 Å². The molecule has 1 fully saturated rings. The van der Waals surface area contributed by atoms with E-state index in [1.165, 1.54) is 0 Å². The van der Waals surface area contributed by atoms with Gasteiger partial charge in [0, 0.05) is 6.42 Å². The maximum Gasteiger partial charge on any atom is 0.224 e. The molecular formula is C18H18N4O. The number of carbonyl (C=O) groups excluding carboxylic acids is 1. The zero-order chi connectivity index (χ0) is 15.8. The Bertz CT molecular complexity index is 842. The van der Waals surface area contributed by atoms with Crippen LogP contribution in [0.25, 0.3) is 11.0 Å². The molecule has 2 aromatic carbocycles. The first-order valence-corrected chi connectivity index (χ1v) is 7.92. The smallest absolute Gasteiger partial charge is 0.224 e. The van der Waals surface area contributed by atoms with Crippen LogP contribution < -0.4 is 0 Å². The maximum atomic E-state index is 12.5. The fraction of sp³-hybridized carbons (Fsp3) is 0.278. The Labute approximate surface area is 134 Å². The lowest BCUT2D eigenvalue weighted by Crippen LogP contribution is -2.34. The van der Waals surface area contributed by atoms with E-state index in [1.54, 1.807) is 0 Å². The maximum absolute atomic E-state index is 12.5. The van der Waals surface area contributed by atoms with Crippen LogP contribution in [-0.2, 0) is 4.79 Å². The number of carbonyl (C=O) groups is 1. The van der Waals surface area contributed by atoms with Gasteiger partial charge in [0.2, 0.25) is 5.91 Å². The van der Waals surface area contributed by atoms with Crippen LogP contribution in [-0.4, -0.2) is 25.8 Å². The van der Waals surface area contributed by atoms with Gasteiger partial charge < -0.3 is 4.90 Å². The van der Waals surface area contributed by atoms with Gasteiger partial charge in [-0.05, 0) is 31.0 Å². The predicted molar refractivity (Wildman–Crippen MR) is 87.5 cm³/mol. The van der Waals surface area contributed by atoms with E-state index < -0.39 is 0 Å². The van der Waals surface area contributed by atoms with Gasteiger partial charge in [0.15, 0.2) is 0 Å². The van der Waals surface area contributed by atoms with E-state index in [2.05, 4.69) is 29.4 Å². The molecule has 0 bridgehead atoms. The molecule has 3 aromatic rings. The molecule has 2 unspecified atom stereocenters. The lowest BCUT2D eigenvalue weighted by molar-refractivity contribution is -0.132. The molecule has 1 aliphatic heterocycles. The van der Waals surface area contributed by atoms with E-state index in [0.717, 1.165) is 23.0 Å². The van der Waals surface area contributed by atoms with Crippen molar-refractivity contribution >= 4 is 16.9 Å². The molecule has 0 aliphatic carbocycles. The van der Waals surface area contributed by atoms with Crippen molar-refractivity contribution in [2.45, 2.75) is 32.0 Å². The summed E-state index contributed by atoms with van der Waals surface area (Å²) < 4.78 is 1.89. The van der Waals surface area contributed by atoms with Gasteiger partial charge in [-0.1, -0.05) is 47.7 Å². The first-order chi connectivity index (χ1) is 11.3. The van der Waals surface area contributed by atoms with Crippen molar-refractivity contribution in [3.05, 3.63) is 60.2 Å². The van der Waals surface area contributed by atoms with Crippen molar-refractivity contribution in [3.63, 3.8) is 0 Å². The highest BCUT2D eigenvalue weighted by Crippen LogP contribution is 2.36. The van der Waals surface area contributed by atoms with E-state index in [1.807, 2.05) is 52.0 Å². The number of aromatic nitrogens is 3. The van der Waals surface area contributed by atoms with Gasteiger partial charge in [-0.3, -0.25) is 4.79 Å². The zero-order valence-corrected chi connectivity index (χ0v) is 13.0. The van der Waals surface area contributed by atoms with Crippen LogP contribution in [0.1, 0.15) is 37.5 Å². The first-order valence-electron chi connectivity index (χ1n) is 7.92. The number of rotatable bonds is 3. The third kappa shape index (κ3) is 2.29. The molecule has 0 radical (unpaired) electrons. The van der Waals surface area contributed by atoms with Crippen molar-refractivity contribution in [1.82, 2.24) is 19.9 Å². The normalized spacial score (nSPS) is 19.4. The average Bonchev–Trinajstić information content (AvgIpc) is 3.18. The Hall–Kier alpha value is -2.69. The van der Waals surface area contributed by atoms with E-state index >= 15 is 0 Å². The van der Waals surface area contributed by atoms with Crippen LogP contribution in [0.2, 0.25) is 0 Å². The molecule has 0 spiro atoms. The molecule has 116 valence electrons. The standard InChI is InChI=1S/C18H18N4O/c1-13(14-7-3-2-4-8-14)21-17(11-12-18(21)23)22-16-10-6-5-9-15(16)19-20-22/h2-10,13,17H,11-12H2,1H3. The van der Waals surface area contributed by atoms with Crippen LogP contribution in [0.15, 0.2) is 54.6 Å². The second-order valence-corrected chi connectivity index (χ2v) is 5.93. The number of benzene rings is 2. The number of hydrogen-bond acceptors (Lipinski definition) is 3. The monoisotopic (exact) mass is 306 g/mol. The summed E-state index contributed by atoms with van der Waals surface area (Å²) in [4.78, 5) is 14.4. The molecule has 23 heavy (non-hydrogen) atoms. The Morgan fingerprint density at radius 2 is 1.83 bits per heavy atom. The van der Waals surface area contributed by atoms with Gasteiger partial charge >= 0.3 is 0 Å². The van der Waals surface area contributed by atoms with Crippen LogP contribution in [0.5, 0.6) is 0 Å². The molecule has 0 N–H and O–H groups in total. The van der Waals surface area contributed by atoms with Crippen LogP contribution in [0.3, 0.4) is 0 Å². The SMILES string of the molecule is CC(c1ccccc1)N1C(=O)CCC1n1nnc2ccccc21. The van der Waals surface area contributed by atoms with Crippen molar-refractivity contribution in [2.75, 3.05) is 0 Å². The minimum Gasteiger partial charge on any atom is -0.314 e. The molecular weight excluding hydrogens is 288 g/mol. The fourth-order valence-corrected chi connectivity index (χ4v) is 3.40. The zero-order valence-electron chi connectivity index (χ0n) is 13.0. The number of likely N-dealkylation sites (tertiary alicyclic amines) is 1. The average molecular weight is 306 g/mol. The molecule has 4 rings (SSSR count). The first kappa shape index (κ1) is 13.9. The van der Waals surface area contributed by atoms with Gasteiger partial charge in [-0.2, -0.15) is 0 Å². The topological polar surface area (TPSA) is 51.0 Å². The number of amides is 1. The van der Waals surface area contributed by atoms with Crippen LogP contribution >= 0.6 is 0 Å². The quantitative estimate of drug-likeness (QED) is 0.746. The Morgan fingerprint density at radius 3 is 2.65 bits per heavy atom. The number of fused-ring (bicyclic) bond motifs is 1. The minimum atomic E-state index is -0.0786. The lowest BCUT2D eigenvalue weighted by atomic mass is 10.1. The summed E-state index contributed by atoms with van der Waals surface area (Å²) in [5.41, 5.74) is 2.97. The summed E-state index contributed by atoms with van der Waals surface area (Å²) in [6, 6.07) is 18.0. The van der Waals surface area contributed by atoms with Crippen molar-refractivity contribution in [3.8, 4) is 0 Å². The molecule has 1 amide bonds. The Balaban J connectivity index is 1.74. The molecule has 2 heterocycles. The highest BCUT2D eigenvalue weighted by atomic mass is 16.2. The number of hydrogen-bond donors (Lipinski definition) is 0. The van der Waals surface area contributed by atoms with E-state index in [9.17, 15) is 4.79 Å². The van der Waals surface area contributed by atoms with E-state index in [0.29, 0.717) is 6.42 Å². The summed E-state index contributed by atoms with van der Waals surface area (Å²) in [5.74, 6) is 0.172. The highest BCUT2D eigenvalue weighted by molar-refractivity contribution is 5.80. The van der Waals surface area contributed by atoms with Crippen molar-refractivity contribution in [2.24, 2.45) is 0 Å². The molecule has 0 saturated carbocycles. The van der Waals surface area contributed by atoms with E-state index in [-0.39, 0.29) is 18.1 Å². The van der Waals surface area contributed by atoms with Gasteiger partial charge in [0.25, 0.3) is 0 Å². The number of para-hydroxylation sites is 1. The third-order valence-corrected chi connectivity index (χ3v) is 4.58. The summed E-state index contributed by atoms with van der Waals surface area (Å²) in [5, 5.41) is 8.54. The van der Waals surface area contributed by atoms with Crippen LogP contribution in [0, 0.1) is 0 Å². The molecule has 2 atom stereocenters. The summed E-state index contributed by atoms with van der Waals surface area (Å²) in [7, 11) is 0. The van der Waals surface area contributed by atoms with Gasteiger partial charge in [-0.25, -0.2) is 4.68 Å². The summed E-state index contributed by atoms with van der Waals surface area (Å²) >= 11 is 0. The predicted octanol–water partition coefficient (Wildman–Crippen LogP) is 3.31.